The van der Waals surface area contributed by atoms with Crippen LogP contribution in [0.3, 0.4) is 0 Å². The molecule has 4 heteroatoms. The van der Waals surface area contributed by atoms with Crippen LogP contribution in [0.5, 0.6) is 0 Å². The third kappa shape index (κ3) is 5.32. The quantitative estimate of drug-likeness (QED) is 0.199. The third-order valence-electron chi connectivity index (χ3n) is 8.43. The van der Waals surface area contributed by atoms with Gasteiger partial charge in [-0.3, -0.25) is 0 Å². The molecular formula is C41H34N4. The second-order valence-corrected chi connectivity index (χ2v) is 11.2. The Hall–Kier alpha value is -5.74. The van der Waals surface area contributed by atoms with Gasteiger partial charge in [-0.2, -0.15) is 0 Å². The summed E-state index contributed by atoms with van der Waals surface area (Å²) in [5.41, 5.74) is 16.1. The van der Waals surface area contributed by atoms with Crippen molar-refractivity contribution < 1.29 is 0 Å². The Kier molecular flexibility index (Phi) is 7.54. The molecule has 1 unspecified atom stereocenters. The second-order valence-electron chi connectivity index (χ2n) is 11.2. The lowest BCUT2D eigenvalue weighted by molar-refractivity contribution is 0.383. The van der Waals surface area contributed by atoms with Crippen LogP contribution in [0.2, 0.25) is 0 Å². The summed E-state index contributed by atoms with van der Waals surface area (Å²) in [5.74, 6) is 1.64. The van der Waals surface area contributed by atoms with Gasteiger partial charge in [0.25, 0.3) is 0 Å². The summed E-state index contributed by atoms with van der Waals surface area (Å²) < 4.78 is 0. The first-order valence-electron chi connectivity index (χ1n) is 15.3. The van der Waals surface area contributed by atoms with E-state index in [1.807, 2.05) is 61.5 Å². The Morgan fingerprint density at radius 2 is 1.22 bits per heavy atom. The molecule has 4 nitrogen and oxygen atoms in total. The van der Waals surface area contributed by atoms with Crippen LogP contribution < -0.4 is 5.73 Å². The van der Waals surface area contributed by atoms with Gasteiger partial charge in [0, 0.05) is 29.4 Å². The van der Waals surface area contributed by atoms with Crippen LogP contribution in [-0.4, -0.2) is 23.6 Å². The molecular weight excluding hydrogens is 548 g/mol. The number of hydrogen-bond acceptors (Lipinski definition) is 4. The van der Waals surface area contributed by atoms with E-state index in [0.29, 0.717) is 0 Å². The molecule has 1 aliphatic rings. The Labute approximate surface area is 264 Å². The summed E-state index contributed by atoms with van der Waals surface area (Å²) in [6, 6.07) is 48.6. The highest BCUT2D eigenvalue weighted by Gasteiger charge is 2.26. The molecule has 0 amide bonds. The zero-order chi connectivity index (χ0) is 30.8. The van der Waals surface area contributed by atoms with Crippen LogP contribution in [0.4, 0.5) is 5.69 Å². The monoisotopic (exact) mass is 582 g/mol. The van der Waals surface area contributed by atoms with Gasteiger partial charge in [-0.15, -0.1) is 0 Å². The highest BCUT2D eigenvalue weighted by atomic mass is 15.3. The molecule has 6 aromatic rings. The number of hydrogen-bond donors (Lipinski definition) is 1. The molecule has 6 aromatic carbocycles. The first-order chi connectivity index (χ1) is 22.1. The van der Waals surface area contributed by atoms with Crippen molar-refractivity contribution >= 4 is 34.2 Å². The Balaban J connectivity index is 1.29. The molecule has 0 bridgehead atoms. The zero-order valence-electron chi connectivity index (χ0n) is 25.4. The number of rotatable bonds is 6. The van der Waals surface area contributed by atoms with Crippen LogP contribution in [0.1, 0.15) is 35.3 Å². The van der Waals surface area contributed by atoms with Crippen LogP contribution in [0.15, 0.2) is 156 Å². The number of nitrogen functional groups attached to an aromatic ring is 1. The van der Waals surface area contributed by atoms with Crippen LogP contribution in [0.25, 0.3) is 39.1 Å². The van der Waals surface area contributed by atoms with E-state index in [2.05, 4.69) is 109 Å². The van der Waals surface area contributed by atoms with Gasteiger partial charge >= 0.3 is 0 Å². The maximum atomic E-state index is 6.41. The summed E-state index contributed by atoms with van der Waals surface area (Å²) in [7, 11) is 2.07. The highest BCUT2D eigenvalue weighted by Crippen LogP contribution is 2.39. The maximum Gasteiger partial charge on any atom is 0.159 e. The molecule has 0 fully saturated rings. The van der Waals surface area contributed by atoms with Gasteiger partial charge < -0.3 is 10.6 Å². The molecule has 0 saturated carbocycles. The third-order valence-corrected chi connectivity index (χ3v) is 8.43. The predicted octanol–water partition coefficient (Wildman–Crippen LogP) is 9.63. The number of allylic oxidation sites excluding steroid dienone is 1. The van der Waals surface area contributed by atoms with Gasteiger partial charge in [-0.25, -0.2) is 9.98 Å². The Morgan fingerprint density at radius 1 is 0.600 bits per heavy atom. The Morgan fingerprint density at radius 3 is 1.91 bits per heavy atom. The molecule has 218 valence electrons. The topological polar surface area (TPSA) is 54.0 Å². The average molecular weight is 583 g/mol. The van der Waals surface area contributed by atoms with Crippen molar-refractivity contribution in [1.29, 1.82) is 0 Å². The standard InChI is InChI=1S/C41H34N4/c1-3-13-37-35(20-12-21-38(37)42)36-27-26-32(33-18-10-11-19-34(33)36)28-22-24-31(25-23-28)41-44-39(29-14-6-4-7-15-29)43-40(45(41)2)30-16-8-5-9-17-30/h3-27,41H,42H2,1-2H3/b13-3-. The van der Waals surface area contributed by atoms with Crippen molar-refractivity contribution in [1.82, 2.24) is 4.90 Å². The molecule has 1 aliphatic heterocycles. The molecule has 0 saturated heterocycles. The van der Waals surface area contributed by atoms with E-state index in [1.165, 1.54) is 21.9 Å². The lowest BCUT2D eigenvalue weighted by Gasteiger charge is -2.32. The average Bonchev–Trinajstić information content (AvgIpc) is 3.10. The lowest BCUT2D eigenvalue weighted by Crippen LogP contribution is -2.35. The zero-order valence-corrected chi connectivity index (χ0v) is 25.4. The van der Waals surface area contributed by atoms with Crippen molar-refractivity contribution in [2.24, 2.45) is 9.98 Å². The fourth-order valence-corrected chi connectivity index (χ4v) is 6.20. The first kappa shape index (κ1) is 28.1. The van der Waals surface area contributed by atoms with E-state index < -0.39 is 0 Å². The minimum absolute atomic E-state index is 0.213. The fraction of sp³-hybridized carbons (Fsp3) is 0.0732. The maximum absolute atomic E-state index is 6.41. The molecule has 0 spiro atoms. The van der Waals surface area contributed by atoms with E-state index in [4.69, 9.17) is 15.7 Å². The van der Waals surface area contributed by atoms with Crippen molar-refractivity contribution in [3.05, 3.63) is 168 Å². The largest absolute Gasteiger partial charge is 0.398 e. The van der Waals surface area contributed by atoms with E-state index in [9.17, 15) is 0 Å². The summed E-state index contributed by atoms with van der Waals surface area (Å²) in [6.07, 6.45) is 3.92. The van der Waals surface area contributed by atoms with Gasteiger partial charge in [-0.1, -0.05) is 146 Å². The van der Waals surface area contributed by atoms with Gasteiger partial charge in [0.1, 0.15) is 12.0 Å². The SMILES string of the molecule is C/C=C\c1c(N)cccc1-c1ccc(-c2ccc(C3N=C(c4ccccc4)N=C(c4ccccc4)N3C)cc2)c2ccccc12. The number of nitrogens with zero attached hydrogens (tertiary/aromatic N) is 3. The molecule has 1 atom stereocenters. The number of aliphatic imine (C=N–C) groups is 2. The smallest absolute Gasteiger partial charge is 0.159 e. The lowest BCUT2D eigenvalue weighted by atomic mass is 9.89. The highest BCUT2D eigenvalue weighted by molar-refractivity contribution is 6.13. The molecule has 45 heavy (non-hydrogen) atoms. The van der Waals surface area contributed by atoms with Crippen LogP contribution in [0, 0.1) is 0 Å². The number of benzene rings is 6. The number of fused-ring (bicyclic) bond motifs is 1. The number of nitrogens with two attached hydrogens (primary N) is 1. The van der Waals surface area contributed by atoms with E-state index in [-0.39, 0.29) is 6.17 Å². The van der Waals surface area contributed by atoms with Crippen molar-refractivity contribution in [3.8, 4) is 22.3 Å². The van der Waals surface area contributed by atoms with Gasteiger partial charge in [0.2, 0.25) is 0 Å². The van der Waals surface area contributed by atoms with Crippen molar-refractivity contribution in [3.63, 3.8) is 0 Å². The van der Waals surface area contributed by atoms with E-state index >= 15 is 0 Å². The molecule has 0 aliphatic carbocycles. The summed E-state index contributed by atoms with van der Waals surface area (Å²) >= 11 is 0. The number of anilines is 1. The van der Waals surface area contributed by atoms with E-state index in [1.54, 1.807) is 0 Å². The summed E-state index contributed by atoms with van der Waals surface area (Å²) in [6.45, 7) is 2.02. The normalized spacial score (nSPS) is 14.9. The minimum atomic E-state index is -0.213. The van der Waals surface area contributed by atoms with Crippen LogP contribution in [-0.2, 0) is 0 Å². The second kappa shape index (κ2) is 12.1. The summed E-state index contributed by atoms with van der Waals surface area (Å²) in [5, 5.41) is 2.40. The van der Waals surface area contributed by atoms with E-state index in [0.717, 1.165) is 50.7 Å². The fourth-order valence-electron chi connectivity index (χ4n) is 6.20. The minimum Gasteiger partial charge on any atom is -0.398 e. The molecule has 0 radical (unpaired) electrons. The van der Waals surface area contributed by atoms with Crippen molar-refractivity contribution in [2.75, 3.05) is 12.8 Å². The van der Waals surface area contributed by atoms with Gasteiger partial charge in [0.05, 0.1) is 0 Å². The molecule has 7 rings (SSSR count). The first-order valence-corrected chi connectivity index (χ1v) is 15.3. The van der Waals surface area contributed by atoms with Gasteiger partial charge in [-0.05, 0) is 51.6 Å². The molecule has 1 heterocycles. The van der Waals surface area contributed by atoms with Crippen LogP contribution >= 0.6 is 0 Å². The van der Waals surface area contributed by atoms with Crippen molar-refractivity contribution in [2.45, 2.75) is 13.1 Å². The summed E-state index contributed by atoms with van der Waals surface area (Å²) in [4.78, 5) is 12.3. The molecule has 2 N–H and O–H groups in total. The molecule has 0 aromatic heterocycles. The Bertz CT molecular complexity index is 2070. The predicted molar refractivity (Wildman–Crippen MR) is 190 cm³/mol. The van der Waals surface area contributed by atoms with Gasteiger partial charge in [0.15, 0.2) is 5.84 Å². The number of amidine groups is 2.